The first-order valence-electron chi connectivity index (χ1n) is 5.70. The first-order chi connectivity index (χ1) is 8.45. The molecule has 1 heterocycles. The molecule has 0 atom stereocenters. The van der Waals surface area contributed by atoms with E-state index in [1.165, 1.54) is 11.1 Å². The van der Waals surface area contributed by atoms with Crippen molar-refractivity contribution in [2.45, 2.75) is 26.4 Å². The smallest absolute Gasteiger partial charge is 0.254 e. The Hall–Kier alpha value is -1.95. The zero-order valence-electron chi connectivity index (χ0n) is 10.6. The van der Waals surface area contributed by atoms with Crippen LogP contribution < -0.4 is 11.5 Å². The summed E-state index contributed by atoms with van der Waals surface area (Å²) in [7, 11) is 0. The quantitative estimate of drug-likeness (QED) is 0.760. The number of hydrogen-bond donors (Lipinski definition) is 2. The lowest BCUT2D eigenvalue weighted by Crippen LogP contribution is -2.42. The van der Waals surface area contributed by atoms with E-state index in [4.69, 9.17) is 11.5 Å². The van der Waals surface area contributed by atoms with Gasteiger partial charge in [-0.1, -0.05) is 0 Å². The van der Waals surface area contributed by atoms with E-state index in [1.807, 2.05) is 13.8 Å². The molecule has 2 amide bonds. The summed E-state index contributed by atoms with van der Waals surface area (Å²) in [6.45, 7) is 3.81. The van der Waals surface area contributed by atoms with Gasteiger partial charge >= 0.3 is 0 Å². The van der Waals surface area contributed by atoms with Crippen molar-refractivity contribution in [1.29, 1.82) is 0 Å². The Bertz CT molecular complexity index is 445. The monoisotopic (exact) mass is 250 g/mol. The summed E-state index contributed by atoms with van der Waals surface area (Å²) in [5, 5.41) is 0. The van der Waals surface area contributed by atoms with Gasteiger partial charge in [0.1, 0.15) is 0 Å². The number of nitrogens with two attached hydrogens (primary N) is 2. The predicted octanol–water partition coefficient (Wildman–Crippen LogP) is -0.124. The standard InChI is InChI=1S/C12H18N4O2/c1-8(2)16(7-11(14)17)12(18)9-3-4-15-10(5-9)6-13/h3-5,8H,6-7,13H2,1-2H3,(H2,14,17). The molecule has 98 valence electrons. The molecule has 0 bridgehead atoms. The van der Waals surface area contributed by atoms with Gasteiger partial charge in [0.05, 0.1) is 12.2 Å². The lowest BCUT2D eigenvalue weighted by atomic mass is 10.1. The van der Waals surface area contributed by atoms with Gasteiger partial charge < -0.3 is 16.4 Å². The van der Waals surface area contributed by atoms with Crippen LogP contribution in [-0.2, 0) is 11.3 Å². The van der Waals surface area contributed by atoms with Crippen LogP contribution in [-0.4, -0.2) is 34.3 Å². The Balaban J connectivity index is 2.97. The highest BCUT2D eigenvalue weighted by atomic mass is 16.2. The van der Waals surface area contributed by atoms with Gasteiger partial charge in [0.25, 0.3) is 5.91 Å². The van der Waals surface area contributed by atoms with Crippen LogP contribution in [0.3, 0.4) is 0 Å². The third-order valence-electron chi connectivity index (χ3n) is 2.48. The molecule has 0 aliphatic rings. The van der Waals surface area contributed by atoms with E-state index in [-0.39, 0.29) is 25.0 Å². The van der Waals surface area contributed by atoms with Crippen LogP contribution in [0.4, 0.5) is 0 Å². The molecular formula is C12H18N4O2. The molecule has 18 heavy (non-hydrogen) atoms. The number of primary amides is 1. The Labute approximate surface area is 106 Å². The number of aromatic nitrogens is 1. The molecule has 1 aromatic rings. The van der Waals surface area contributed by atoms with E-state index in [0.717, 1.165) is 0 Å². The molecule has 4 N–H and O–H groups in total. The minimum absolute atomic E-state index is 0.100. The summed E-state index contributed by atoms with van der Waals surface area (Å²) >= 11 is 0. The number of rotatable bonds is 5. The van der Waals surface area contributed by atoms with Crippen molar-refractivity contribution in [3.05, 3.63) is 29.6 Å². The van der Waals surface area contributed by atoms with E-state index in [0.29, 0.717) is 11.3 Å². The topological polar surface area (TPSA) is 102 Å². The van der Waals surface area contributed by atoms with Crippen LogP contribution in [0.15, 0.2) is 18.3 Å². The molecule has 6 heteroatoms. The van der Waals surface area contributed by atoms with Crippen LogP contribution in [0.25, 0.3) is 0 Å². The van der Waals surface area contributed by atoms with Crippen molar-refractivity contribution < 1.29 is 9.59 Å². The molecule has 0 aliphatic carbocycles. The average molecular weight is 250 g/mol. The lowest BCUT2D eigenvalue weighted by Gasteiger charge is -2.25. The van der Waals surface area contributed by atoms with Gasteiger partial charge in [0.15, 0.2) is 0 Å². The highest BCUT2D eigenvalue weighted by Crippen LogP contribution is 2.09. The number of pyridine rings is 1. The molecule has 0 unspecified atom stereocenters. The molecule has 1 rings (SSSR count). The third kappa shape index (κ3) is 3.53. The normalized spacial score (nSPS) is 10.4. The Kier molecular flexibility index (Phi) is 4.79. The van der Waals surface area contributed by atoms with Gasteiger partial charge in [-0.15, -0.1) is 0 Å². The molecule has 0 radical (unpaired) electrons. The third-order valence-corrected chi connectivity index (χ3v) is 2.48. The van der Waals surface area contributed by atoms with Crippen LogP contribution in [0.2, 0.25) is 0 Å². The molecule has 0 fully saturated rings. The summed E-state index contributed by atoms with van der Waals surface area (Å²) in [6.07, 6.45) is 1.53. The summed E-state index contributed by atoms with van der Waals surface area (Å²) < 4.78 is 0. The van der Waals surface area contributed by atoms with Gasteiger partial charge in [-0.25, -0.2) is 0 Å². The van der Waals surface area contributed by atoms with E-state index in [2.05, 4.69) is 4.98 Å². The van der Waals surface area contributed by atoms with Crippen LogP contribution in [0.5, 0.6) is 0 Å². The van der Waals surface area contributed by atoms with E-state index >= 15 is 0 Å². The van der Waals surface area contributed by atoms with Gasteiger partial charge in [-0.2, -0.15) is 0 Å². The van der Waals surface area contributed by atoms with Crippen molar-refractivity contribution >= 4 is 11.8 Å². The van der Waals surface area contributed by atoms with Crippen molar-refractivity contribution in [3.8, 4) is 0 Å². The van der Waals surface area contributed by atoms with Crippen molar-refractivity contribution in [2.24, 2.45) is 11.5 Å². The fourth-order valence-corrected chi connectivity index (χ4v) is 1.55. The molecule has 0 saturated heterocycles. The molecule has 0 saturated carbocycles. The number of nitrogens with zero attached hydrogens (tertiary/aromatic N) is 2. The second kappa shape index (κ2) is 6.11. The fourth-order valence-electron chi connectivity index (χ4n) is 1.55. The highest BCUT2D eigenvalue weighted by molar-refractivity contribution is 5.96. The first-order valence-corrected chi connectivity index (χ1v) is 5.70. The van der Waals surface area contributed by atoms with E-state index < -0.39 is 5.91 Å². The summed E-state index contributed by atoms with van der Waals surface area (Å²) in [5.74, 6) is -0.786. The summed E-state index contributed by atoms with van der Waals surface area (Å²) in [5.41, 5.74) is 11.7. The van der Waals surface area contributed by atoms with Gasteiger partial charge in [0.2, 0.25) is 5.91 Å². The van der Waals surface area contributed by atoms with Gasteiger partial charge in [-0.05, 0) is 26.0 Å². The molecule has 0 aliphatic heterocycles. The van der Waals surface area contributed by atoms with E-state index in [9.17, 15) is 9.59 Å². The van der Waals surface area contributed by atoms with Crippen LogP contribution in [0.1, 0.15) is 29.9 Å². The molecule has 0 spiro atoms. The van der Waals surface area contributed by atoms with E-state index in [1.54, 1.807) is 12.1 Å². The molecular weight excluding hydrogens is 232 g/mol. The zero-order valence-corrected chi connectivity index (χ0v) is 10.6. The maximum Gasteiger partial charge on any atom is 0.254 e. The van der Waals surface area contributed by atoms with Crippen molar-refractivity contribution in [1.82, 2.24) is 9.88 Å². The first kappa shape index (κ1) is 14.1. The number of hydrogen-bond acceptors (Lipinski definition) is 4. The zero-order chi connectivity index (χ0) is 13.7. The number of amides is 2. The number of carbonyl (C=O) groups excluding carboxylic acids is 2. The van der Waals surface area contributed by atoms with Crippen molar-refractivity contribution in [2.75, 3.05) is 6.54 Å². The Morgan fingerprint density at radius 2 is 2.11 bits per heavy atom. The average Bonchev–Trinajstić information content (AvgIpc) is 2.34. The summed E-state index contributed by atoms with van der Waals surface area (Å²) in [6, 6.07) is 3.11. The highest BCUT2D eigenvalue weighted by Gasteiger charge is 2.20. The van der Waals surface area contributed by atoms with Gasteiger partial charge in [0, 0.05) is 24.3 Å². The molecule has 6 nitrogen and oxygen atoms in total. The Morgan fingerprint density at radius 1 is 1.44 bits per heavy atom. The number of carbonyl (C=O) groups is 2. The predicted molar refractivity (Wildman–Crippen MR) is 67.5 cm³/mol. The molecule has 1 aromatic heterocycles. The minimum atomic E-state index is -0.537. The fraction of sp³-hybridized carbons (Fsp3) is 0.417. The second-order valence-corrected chi connectivity index (χ2v) is 4.23. The lowest BCUT2D eigenvalue weighted by molar-refractivity contribution is -0.119. The van der Waals surface area contributed by atoms with Crippen LogP contribution in [0, 0.1) is 0 Å². The summed E-state index contributed by atoms with van der Waals surface area (Å²) in [4.78, 5) is 28.6. The SMILES string of the molecule is CC(C)N(CC(N)=O)C(=O)c1ccnc(CN)c1. The van der Waals surface area contributed by atoms with Gasteiger partial charge in [-0.3, -0.25) is 14.6 Å². The Morgan fingerprint density at radius 3 is 2.61 bits per heavy atom. The second-order valence-electron chi connectivity index (χ2n) is 4.23. The minimum Gasteiger partial charge on any atom is -0.368 e. The molecule has 0 aromatic carbocycles. The maximum absolute atomic E-state index is 12.2. The van der Waals surface area contributed by atoms with Crippen LogP contribution >= 0.6 is 0 Å². The van der Waals surface area contributed by atoms with Crippen molar-refractivity contribution in [3.63, 3.8) is 0 Å². The maximum atomic E-state index is 12.2. The largest absolute Gasteiger partial charge is 0.368 e.